The molecule has 1 aromatic rings. The number of rotatable bonds is 2. The Morgan fingerprint density at radius 2 is 2.06 bits per heavy atom. The van der Waals surface area contributed by atoms with Crippen molar-refractivity contribution in [3.63, 3.8) is 0 Å². The molecule has 0 bridgehead atoms. The van der Waals surface area contributed by atoms with E-state index in [1.807, 2.05) is 0 Å². The number of hydrogen-bond donors (Lipinski definition) is 0. The lowest BCUT2D eigenvalue weighted by molar-refractivity contribution is 0.150. The van der Waals surface area contributed by atoms with E-state index in [2.05, 4.69) is 4.98 Å². The fourth-order valence-electron chi connectivity index (χ4n) is 0.990. The van der Waals surface area contributed by atoms with Crippen LogP contribution in [0.3, 0.4) is 0 Å². The van der Waals surface area contributed by atoms with Crippen LogP contribution >= 0.6 is 22.3 Å². The summed E-state index contributed by atoms with van der Waals surface area (Å²) in [5, 5.41) is 7.22. The monoisotopic (exact) mass is 286 g/mol. The van der Waals surface area contributed by atoms with Crippen molar-refractivity contribution in [2.24, 2.45) is 0 Å². The normalized spacial score (nSPS) is 11.5. The largest absolute Gasteiger partial charge is 0.280 e. The zero-order valence-corrected chi connectivity index (χ0v) is 9.61. The molecule has 1 aromatic heterocycles. The lowest BCUT2D eigenvalue weighted by Gasteiger charge is -2.07. The van der Waals surface area contributed by atoms with Crippen LogP contribution in [0.1, 0.15) is 17.6 Å². The van der Waals surface area contributed by atoms with E-state index < -0.39 is 36.7 Å². The molecule has 16 heavy (non-hydrogen) atoms. The summed E-state index contributed by atoms with van der Waals surface area (Å²) in [5.41, 5.74) is -1.73. The third kappa shape index (κ3) is 2.40. The highest BCUT2D eigenvalue weighted by atomic mass is 35.7. The van der Waals surface area contributed by atoms with Gasteiger partial charge in [-0.1, -0.05) is 11.6 Å². The second-order valence-corrected chi connectivity index (χ2v) is 5.44. The Hall–Kier alpha value is -0.970. The molecule has 0 aliphatic rings. The van der Waals surface area contributed by atoms with Crippen LogP contribution in [0.25, 0.3) is 0 Å². The van der Waals surface area contributed by atoms with E-state index in [1.165, 1.54) is 6.07 Å². The lowest BCUT2D eigenvalue weighted by Crippen LogP contribution is -2.04. The fraction of sp³-hybridized carbons (Fsp3) is 0.143. The third-order valence-electron chi connectivity index (χ3n) is 1.60. The van der Waals surface area contributed by atoms with Crippen LogP contribution in [0.4, 0.5) is 8.78 Å². The molecule has 9 heteroatoms. The topological polar surface area (TPSA) is 70.8 Å². The number of nitrogens with zero attached hydrogens (tertiary/aromatic N) is 2. The number of aromatic nitrogens is 1. The number of nitriles is 1. The second-order valence-electron chi connectivity index (χ2n) is 2.55. The van der Waals surface area contributed by atoms with E-state index in [1.54, 1.807) is 0 Å². The molecule has 0 radical (unpaired) electrons. The Labute approximate surface area is 98.8 Å². The predicted molar refractivity (Wildman–Crippen MR) is 52.0 cm³/mol. The Bertz CT molecular complexity index is 568. The second kappa shape index (κ2) is 4.49. The first kappa shape index (κ1) is 13.1. The first-order valence-electron chi connectivity index (χ1n) is 3.60. The molecule has 0 aliphatic carbocycles. The van der Waals surface area contributed by atoms with Gasteiger partial charge in [-0.2, -0.15) is 5.26 Å². The third-order valence-corrected chi connectivity index (χ3v) is 3.11. The summed E-state index contributed by atoms with van der Waals surface area (Å²) in [6, 6.07) is 1.30. The molecule has 86 valence electrons. The maximum atomic E-state index is 12.5. The minimum absolute atomic E-state index is 0.490. The van der Waals surface area contributed by atoms with Crippen LogP contribution in [0.15, 0.2) is 11.2 Å². The van der Waals surface area contributed by atoms with Crippen LogP contribution in [0.5, 0.6) is 0 Å². The first-order chi connectivity index (χ1) is 7.29. The molecular weight excluding hydrogens is 285 g/mol. The van der Waals surface area contributed by atoms with Crippen molar-refractivity contribution in [1.82, 2.24) is 4.98 Å². The van der Waals surface area contributed by atoms with Crippen LogP contribution in [0.2, 0.25) is 5.02 Å². The molecule has 0 fully saturated rings. The first-order valence-corrected chi connectivity index (χ1v) is 6.29. The van der Waals surface area contributed by atoms with Crippen LogP contribution < -0.4 is 0 Å². The van der Waals surface area contributed by atoms with E-state index in [4.69, 9.17) is 27.5 Å². The molecular formula is C7H2Cl2F2N2O2S. The number of hydrogen-bond acceptors (Lipinski definition) is 4. The van der Waals surface area contributed by atoms with Gasteiger partial charge in [-0.15, -0.1) is 0 Å². The van der Waals surface area contributed by atoms with Gasteiger partial charge in [-0.25, -0.2) is 22.2 Å². The molecule has 0 amide bonds. The van der Waals surface area contributed by atoms with Gasteiger partial charge in [0.05, 0.1) is 10.6 Å². The molecule has 0 saturated heterocycles. The summed E-state index contributed by atoms with van der Waals surface area (Å²) in [6.07, 6.45) is -2.39. The zero-order valence-electron chi connectivity index (χ0n) is 7.29. The van der Waals surface area contributed by atoms with Crippen molar-refractivity contribution >= 4 is 31.3 Å². The average Bonchev–Trinajstić information content (AvgIpc) is 2.14. The lowest BCUT2D eigenvalue weighted by atomic mass is 10.1. The number of alkyl halides is 2. The van der Waals surface area contributed by atoms with Crippen LogP contribution in [-0.2, 0) is 9.05 Å². The minimum atomic E-state index is -4.37. The van der Waals surface area contributed by atoms with Crippen molar-refractivity contribution in [1.29, 1.82) is 5.26 Å². The fourth-order valence-corrected chi connectivity index (χ4v) is 2.15. The molecule has 0 aliphatic heterocycles. The molecule has 0 unspecified atom stereocenters. The highest BCUT2D eigenvalue weighted by Gasteiger charge is 2.26. The van der Waals surface area contributed by atoms with Gasteiger partial charge in [0.1, 0.15) is 11.6 Å². The van der Waals surface area contributed by atoms with E-state index in [9.17, 15) is 17.2 Å². The standard InChI is InChI=1S/C7H2Cl2F2N2O2S/c8-4-2-13-7(16(9,14)15)3(1-12)5(4)6(10)11/h2,6H. The van der Waals surface area contributed by atoms with Crippen LogP contribution in [0, 0.1) is 11.3 Å². The molecule has 0 spiro atoms. The van der Waals surface area contributed by atoms with Gasteiger partial charge in [0.15, 0.2) is 5.03 Å². The molecule has 1 heterocycles. The summed E-state index contributed by atoms with van der Waals surface area (Å²) in [4.78, 5) is 3.26. The molecule has 0 atom stereocenters. The minimum Gasteiger partial charge on any atom is -0.241 e. The zero-order chi connectivity index (χ0) is 12.5. The summed E-state index contributed by atoms with van der Waals surface area (Å²) in [5.74, 6) is 0. The van der Waals surface area contributed by atoms with Gasteiger partial charge >= 0.3 is 0 Å². The average molecular weight is 287 g/mol. The van der Waals surface area contributed by atoms with Crippen molar-refractivity contribution in [2.45, 2.75) is 11.5 Å². The summed E-state index contributed by atoms with van der Waals surface area (Å²) >= 11 is 5.39. The van der Waals surface area contributed by atoms with Gasteiger partial charge < -0.3 is 0 Å². The van der Waals surface area contributed by atoms with Gasteiger partial charge in [-0.3, -0.25) is 0 Å². The Balaban J connectivity index is 3.72. The Kier molecular flexibility index (Phi) is 3.68. The Morgan fingerprint density at radius 3 is 2.44 bits per heavy atom. The predicted octanol–water partition coefficient (Wildman–Crippen LogP) is 2.47. The van der Waals surface area contributed by atoms with Crippen molar-refractivity contribution in [2.75, 3.05) is 0 Å². The van der Waals surface area contributed by atoms with E-state index in [0.29, 0.717) is 6.20 Å². The number of halogens is 4. The molecule has 0 saturated carbocycles. The van der Waals surface area contributed by atoms with Gasteiger partial charge in [-0.05, 0) is 0 Å². The molecule has 0 N–H and O–H groups in total. The van der Waals surface area contributed by atoms with Gasteiger partial charge in [0.25, 0.3) is 15.5 Å². The molecule has 4 nitrogen and oxygen atoms in total. The number of pyridine rings is 1. The van der Waals surface area contributed by atoms with Gasteiger partial charge in [0, 0.05) is 16.9 Å². The highest BCUT2D eigenvalue weighted by Crippen LogP contribution is 2.33. The van der Waals surface area contributed by atoms with E-state index in [-0.39, 0.29) is 0 Å². The maximum absolute atomic E-state index is 12.5. The SMILES string of the molecule is N#Cc1c(S(=O)(=O)Cl)ncc(Cl)c1C(F)F. The Morgan fingerprint density at radius 1 is 1.50 bits per heavy atom. The summed E-state index contributed by atoms with van der Waals surface area (Å²) in [6.45, 7) is 0. The van der Waals surface area contributed by atoms with Crippen molar-refractivity contribution in [3.8, 4) is 6.07 Å². The summed E-state index contributed by atoms with van der Waals surface area (Å²) < 4.78 is 47.0. The molecule has 1 rings (SSSR count). The van der Waals surface area contributed by atoms with Crippen molar-refractivity contribution in [3.05, 3.63) is 22.3 Å². The van der Waals surface area contributed by atoms with E-state index >= 15 is 0 Å². The highest BCUT2D eigenvalue weighted by molar-refractivity contribution is 8.13. The molecule has 0 aromatic carbocycles. The maximum Gasteiger partial charge on any atom is 0.280 e. The summed E-state index contributed by atoms with van der Waals surface area (Å²) in [7, 11) is 0.570. The quantitative estimate of drug-likeness (QED) is 0.783. The van der Waals surface area contributed by atoms with Crippen LogP contribution in [-0.4, -0.2) is 13.4 Å². The smallest absolute Gasteiger partial charge is 0.241 e. The van der Waals surface area contributed by atoms with Crippen molar-refractivity contribution < 1.29 is 17.2 Å². The van der Waals surface area contributed by atoms with Gasteiger partial charge in [0.2, 0.25) is 0 Å². The van der Waals surface area contributed by atoms with E-state index in [0.717, 1.165) is 0 Å².